The summed E-state index contributed by atoms with van der Waals surface area (Å²) in [6, 6.07) is 72.2. The fourth-order valence-corrected chi connectivity index (χ4v) is 9.77. The van der Waals surface area contributed by atoms with Gasteiger partial charge in [0.15, 0.2) is 0 Å². The maximum absolute atomic E-state index is 2.55. The van der Waals surface area contributed by atoms with Gasteiger partial charge in [-0.15, -0.1) is 0 Å². The molecule has 0 amide bonds. The van der Waals surface area contributed by atoms with E-state index in [2.05, 4.69) is 204 Å². The number of hydrogen-bond acceptors (Lipinski definition) is 1. The van der Waals surface area contributed by atoms with Crippen LogP contribution in [0.4, 0.5) is 17.1 Å². The van der Waals surface area contributed by atoms with E-state index >= 15 is 0 Å². The molecule has 1 spiro atoms. The molecule has 1 aliphatic heterocycles. The van der Waals surface area contributed by atoms with Crippen LogP contribution < -0.4 is 4.90 Å². The number of fused-ring (bicyclic) bond motifs is 14. The number of aromatic nitrogens is 1. The molecule has 2 aliphatic rings. The first-order chi connectivity index (χ1) is 26.3. The van der Waals surface area contributed by atoms with E-state index in [4.69, 9.17) is 0 Å². The lowest BCUT2D eigenvalue weighted by Gasteiger charge is -2.40. The van der Waals surface area contributed by atoms with Crippen molar-refractivity contribution in [1.29, 1.82) is 0 Å². The van der Waals surface area contributed by atoms with Crippen molar-refractivity contribution in [3.05, 3.63) is 216 Å². The third kappa shape index (κ3) is 3.77. The van der Waals surface area contributed by atoms with Crippen molar-refractivity contribution >= 4 is 60.4 Å². The van der Waals surface area contributed by atoms with Crippen molar-refractivity contribution in [1.82, 2.24) is 4.57 Å². The minimum absolute atomic E-state index is 0.471. The maximum Gasteiger partial charge on any atom is 0.0754 e. The Labute approximate surface area is 307 Å². The van der Waals surface area contributed by atoms with Crippen molar-refractivity contribution in [2.45, 2.75) is 5.41 Å². The Morgan fingerprint density at radius 3 is 1.55 bits per heavy atom. The zero-order valence-electron chi connectivity index (χ0n) is 28.9. The van der Waals surface area contributed by atoms with Crippen molar-refractivity contribution < 1.29 is 0 Å². The third-order valence-electron chi connectivity index (χ3n) is 11.9. The lowest BCUT2D eigenvalue weighted by molar-refractivity contribution is 0.748. The summed E-state index contributed by atoms with van der Waals surface area (Å²) in [5.41, 5.74) is 14.6. The van der Waals surface area contributed by atoms with Gasteiger partial charge >= 0.3 is 0 Å². The van der Waals surface area contributed by atoms with E-state index in [-0.39, 0.29) is 0 Å². The van der Waals surface area contributed by atoms with Gasteiger partial charge in [-0.2, -0.15) is 0 Å². The molecule has 0 unspecified atom stereocenters. The highest BCUT2D eigenvalue weighted by Crippen LogP contribution is 2.61. The van der Waals surface area contributed by atoms with Gasteiger partial charge in [-0.3, -0.25) is 0 Å². The van der Waals surface area contributed by atoms with Crippen LogP contribution in [0.25, 0.3) is 60.2 Å². The highest BCUT2D eigenvalue weighted by atomic mass is 15.1. The molecule has 0 N–H and O–H groups in total. The molecule has 0 radical (unpaired) electrons. The number of anilines is 3. The molecule has 12 rings (SSSR count). The maximum atomic E-state index is 2.55. The van der Waals surface area contributed by atoms with Crippen molar-refractivity contribution in [3.63, 3.8) is 0 Å². The summed E-state index contributed by atoms with van der Waals surface area (Å²) >= 11 is 0. The molecule has 0 fully saturated rings. The molecule has 9 aromatic carbocycles. The number of benzene rings is 9. The Morgan fingerprint density at radius 2 is 0.868 bits per heavy atom. The van der Waals surface area contributed by atoms with Crippen LogP contribution in [0.15, 0.2) is 194 Å². The van der Waals surface area contributed by atoms with Crippen LogP contribution in [0.5, 0.6) is 0 Å². The topological polar surface area (TPSA) is 8.17 Å². The van der Waals surface area contributed by atoms with Crippen LogP contribution in [-0.4, -0.2) is 4.57 Å². The number of rotatable bonds is 3. The Kier molecular flexibility index (Phi) is 5.73. The Balaban J connectivity index is 1.21. The highest BCUT2D eigenvalue weighted by molar-refractivity contribution is 6.13. The molecule has 53 heavy (non-hydrogen) atoms. The van der Waals surface area contributed by atoms with E-state index in [1.54, 1.807) is 0 Å². The van der Waals surface area contributed by atoms with E-state index in [1.165, 1.54) is 82.4 Å². The lowest BCUT2D eigenvalue weighted by atomic mass is 9.65. The number of para-hydroxylation sites is 2. The normalized spacial score (nSPS) is 13.4. The number of nitrogens with zero attached hydrogens (tertiary/aromatic N) is 2. The van der Waals surface area contributed by atoms with Crippen LogP contribution in [0.2, 0.25) is 0 Å². The first-order valence-corrected chi connectivity index (χ1v) is 18.4. The van der Waals surface area contributed by atoms with Crippen LogP contribution in [0.3, 0.4) is 0 Å². The molecule has 0 atom stereocenters. The monoisotopic (exact) mass is 672 g/mol. The Bertz CT molecular complexity index is 3020. The zero-order chi connectivity index (χ0) is 34.7. The molecule has 0 saturated carbocycles. The summed E-state index contributed by atoms with van der Waals surface area (Å²) in [7, 11) is 0. The van der Waals surface area contributed by atoms with Gasteiger partial charge < -0.3 is 9.47 Å². The first-order valence-electron chi connectivity index (χ1n) is 18.4. The molecule has 0 bridgehead atoms. The highest BCUT2D eigenvalue weighted by Gasteiger charge is 2.50. The second-order valence-corrected chi connectivity index (χ2v) is 14.5. The third-order valence-corrected chi connectivity index (χ3v) is 11.9. The fraction of sp³-hybridized carbons (Fsp3) is 0.0196. The summed E-state index contributed by atoms with van der Waals surface area (Å²) in [6.45, 7) is 0. The summed E-state index contributed by atoms with van der Waals surface area (Å²) in [6.07, 6.45) is 0. The van der Waals surface area contributed by atoms with Gasteiger partial charge in [0.1, 0.15) is 0 Å². The molecule has 2 heterocycles. The summed E-state index contributed by atoms with van der Waals surface area (Å²) in [5.74, 6) is 0. The smallest absolute Gasteiger partial charge is 0.0754 e. The predicted molar refractivity (Wildman–Crippen MR) is 221 cm³/mol. The average Bonchev–Trinajstić information content (AvgIpc) is 3.72. The first kappa shape index (κ1) is 28.8. The van der Waals surface area contributed by atoms with Crippen LogP contribution in [0, 0.1) is 0 Å². The fourth-order valence-electron chi connectivity index (χ4n) is 9.77. The van der Waals surface area contributed by atoms with Crippen molar-refractivity contribution in [3.8, 4) is 16.8 Å². The number of hydrogen-bond donors (Lipinski definition) is 0. The molecule has 246 valence electrons. The van der Waals surface area contributed by atoms with Gasteiger partial charge in [0.2, 0.25) is 0 Å². The molecular weight excluding hydrogens is 641 g/mol. The second kappa shape index (κ2) is 10.6. The summed E-state index contributed by atoms with van der Waals surface area (Å²) in [4.78, 5) is 2.44. The lowest BCUT2D eigenvalue weighted by Crippen LogP contribution is -2.33. The van der Waals surface area contributed by atoms with E-state index in [0.717, 1.165) is 17.1 Å². The quantitative estimate of drug-likeness (QED) is 0.181. The summed E-state index contributed by atoms with van der Waals surface area (Å²) in [5, 5.41) is 7.48. The molecule has 1 aromatic heterocycles. The second-order valence-electron chi connectivity index (χ2n) is 14.5. The Morgan fingerprint density at radius 1 is 0.358 bits per heavy atom. The van der Waals surface area contributed by atoms with Crippen LogP contribution in [0.1, 0.15) is 22.3 Å². The molecular formula is C51H32N2. The zero-order valence-corrected chi connectivity index (χ0v) is 28.9. The van der Waals surface area contributed by atoms with Crippen LogP contribution in [-0.2, 0) is 5.41 Å². The van der Waals surface area contributed by atoms with Gasteiger partial charge in [-0.25, -0.2) is 0 Å². The van der Waals surface area contributed by atoms with Crippen molar-refractivity contribution in [2.24, 2.45) is 0 Å². The Hall–Kier alpha value is -6.90. The van der Waals surface area contributed by atoms with E-state index < -0.39 is 5.41 Å². The van der Waals surface area contributed by atoms with Crippen molar-refractivity contribution in [2.75, 3.05) is 4.90 Å². The van der Waals surface area contributed by atoms with Gasteiger partial charge in [0.05, 0.1) is 22.1 Å². The average molecular weight is 673 g/mol. The van der Waals surface area contributed by atoms with E-state index in [9.17, 15) is 0 Å². The standard InChI is InChI=1S/C51H32N2/c1-3-14-35-30-37(26-24-33(35)12-1)52(38-27-25-34-13-2-4-15-36(34)31-38)39-28-29-46-49(32-39)53-48-23-10-7-18-42(48)43-19-11-22-47(50(43)53)51(46)44-20-8-5-16-40(44)41-17-6-9-21-45(41)51/h1-32H. The van der Waals surface area contributed by atoms with Gasteiger partial charge in [-0.05, 0) is 97.4 Å². The predicted octanol–water partition coefficient (Wildman–Crippen LogP) is 13.2. The van der Waals surface area contributed by atoms with Gasteiger partial charge in [-0.1, -0.05) is 152 Å². The minimum atomic E-state index is -0.471. The summed E-state index contributed by atoms with van der Waals surface area (Å²) < 4.78 is 2.55. The molecule has 2 nitrogen and oxygen atoms in total. The van der Waals surface area contributed by atoms with Gasteiger partial charge in [0, 0.05) is 27.8 Å². The SMILES string of the molecule is c1ccc2c(c1)-c1ccccc1C21c2ccc(N(c3ccc4ccccc4c3)c3ccc4ccccc4c3)cc2-n2c3ccccc3c3cccc1c32. The largest absolute Gasteiger partial charge is 0.310 e. The van der Waals surface area contributed by atoms with E-state index in [1.807, 2.05) is 0 Å². The minimum Gasteiger partial charge on any atom is -0.310 e. The molecule has 1 aliphatic carbocycles. The molecule has 0 saturated heterocycles. The molecule has 10 aromatic rings. The van der Waals surface area contributed by atoms with Crippen LogP contribution >= 0.6 is 0 Å². The van der Waals surface area contributed by atoms with E-state index in [0.29, 0.717) is 0 Å². The molecule has 2 heteroatoms. The van der Waals surface area contributed by atoms with Gasteiger partial charge in [0.25, 0.3) is 0 Å².